The van der Waals surface area contributed by atoms with Crippen molar-refractivity contribution >= 4 is 5.69 Å². The van der Waals surface area contributed by atoms with Crippen LogP contribution in [0.1, 0.15) is 23.1 Å². The highest BCUT2D eigenvalue weighted by Gasteiger charge is 2.09. The molecule has 0 radical (unpaired) electrons. The Hall–Kier alpha value is -2.27. The van der Waals surface area contributed by atoms with Gasteiger partial charge in [-0.15, -0.1) is 0 Å². The maximum atomic E-state index is 9.39. The Morgan fingerprint density at radius 2 is 1.70 bits per heavy atom. The van der Waals surface area contributed by atoms with Crippen LogP contribution in [-0.4, -0.2) is 14.1 Å². The molecule has 20 heavy (non-hydrogen) atoms. The van der Waals surface area contributed by atoms with Crippen LogP contribution in [0.3, 0.4) is 0 Å². The predicted molar refractivity (Wildman–Crippen MR) is 84.0 cm³/mol. The van der Waals surface area contributed by atoms with Crippen molar-refractivity contribution in [1.82, 2.24) is 0 Å². The molecule has 0 heterocycles. The predicted octanol–water partition coefficient (Wildman–Crippen LogP) is 3.80. The molecule has 0 unspecified atom stereocenters. The largest absolute Gasteiger partial charge is 0.377 e. The average molecular weight is 264 g/mol. The molecule has 0 saturated carbocycles. The SMILES string of the molecule is CN(C)c1cccc(CCCc2ccccc2)c1C#N. The molecule has 2 aromatic rings. The van der Waals surface area contributed by atoms with Gasteiger partial charge in [-0.2, -0.15) is 5.26 Å². The molecule has 0 aromatic heterocycles. The van der Waals surface area contributed by atoms with Crippen molar-refractivity contribution in [1.29, 1.82) is 5.26 Å². The molecule has 2 heteroatoms. The van der Waals surface area contributed by atoms with Crippen LogP contribution in [0.4, 0.5) is 5.69 Å². The van der Waals surface area contributed by atoms with E-state index >= 15 is 0 Å². The highest BCUT2D eigenvalue weighted by Crippen LogP contribution is 2.23. The van der Waals surface area contributed by atoms with Crippen molar-refractivity contribution in [2.75, 3.05) is 19.0 Å². The molecule has 0 bridgehead atoms. The van der Waals surface area contributed by atoms with Gasteiger partial charge in [0.15, 0.2) is 0 Å². The van der Waals surface area contributed by atoms with E-state index in [0.717, 1.165) is 36.1 Å². The van der Waals surface area contributed by atoms with Crippen LogP contribution in [0.2, 0.25) is 0 Å². The van der Waals surface area contributed by atoms with Gasteiger partial charge in [0, 0.05) is 14.1 Å². The summed E-state index contributed by atoms with van der Waals surface area (Å²) >= 11 is 0. The first kappa shape index (κ1) is 14.1. The Balaban J connectivity index is 2.07. The van der Waals surface area contributed by atoms with Crippen LogP contribution >= 0.6 is 0 Å². The molecule has 0 fully saturated rings. The third-order valence-electron chi connectivity index (χ3n) is 3.48. The number of benzene rings is 2. The Bertz CT molecular complexity index is 595. The smallest absolute Gasteiger partial charge is 0.102 e. The summed E-state index contributed by atoms with van der Waals surface area (Å²) in [7, 11) is 3.95. The second-order valence-electron chi connectivity index (χ2n) is 5.16. The summed E-state index contributed by atoms with van der Waals surface area (Å²) in [6, 6.07) is 18.9. The minimum atomic E-state index is 0.811. The fourth-order valence-corrected chi connectivity index (χ4v) is 2.42. The van der Waals surface area contributed by atoms with Gasteiger partial charge in [0.1, 0.15) is 6.07 Å². The summed E-state index contributed by atoms with van der Waals surface area (Å²) in [5, 5.41) is 9.39. The van der Waals surface area contributed by atoms with Gasteiger partial charge in [0.25, 0.3) is 0 Å². The molecule has 0 amide bonds. The second-order valence-corrected chi connectivity index (χ2v) is 5.16. The van der Waals surface area contributed by atoms with Crippen molar-refractivity contribution in [2.45, 2.75) is 19.3 Å². The Morgan fingerprint density at radius 3 is 2.35 bits per heavy atom. The molecule has 2 aromatic carbocycles. The van der Waals surface area contributed by atoms with Crippen molar-refractivity contribution in [3.8, 4) is 6.07 Å². The van der Waals surface area contributed by atoms with Gasteiger partial charge in [0.05, 0.1) is 11.3 Å². The monoisotopic (exact) mass is 264 g/mol. The molecule has 0 aliphatic heterocycles. The third-order valence-corrected chi connectivity index (χ3v) is 3.48. The first-order valence-electron chi connectivity index (χ1n) is 6.95. The highest BCUT2D eigenvalue weighted by molar-refractivity contribution is 5.61. The Labute approximate surface area is 121 Å². The number of nitriles is 1. The van der Waals surface area contributed by atoms with E-state index < -0.39 is 0 Å². The third kappa shape index (κ3) is 3.39. The molecule has 2 nitrogen and oxygen atoms in total. The van der Waals surface area contributed by atoms with E-state index in [1.807, 2.05) is 37.2 Å². The van der Waals surface area contributed by atoms with Crippen molar-refractivity contribution in [2.24, 2.45) is 0 Å². The van der Waals surface area contributed by atoms with Crippen LogP contribution in [0.15, 0.2) is 48.5 Å². The molecule has 102 valence electrons. The standard InChI is InChI=1S/C18H20N2/c1-20(2)18-13-7-12-16(17(18)14-19)11-6-10-15-8-4-3-5-9-15/h3-5,7-9,12-13H,6,10-11H2,1-2H3. The van der Waals surface area contributed by atoms with Gasteiger partial charge in [0.2, 0.25) is 0 Å². The summed E-state index contributed by atoms with van der Waals surface area (Å²) in [4.78, 5) is 2.00. The first-order chi connectivity index (χ1) is 9.72. The van der Waals surface area contributed by atoms with Gasteiger partial charge >= 0.3 is 0 Å². The summed E-state index contributed by atoms with van der Waals surface area (Å²) in [5.41, 5.74) is 4.32. The van der Waals surface area contributed by atoms with Gasteiger partial charge in [-0.1, -0.05) is 42.5 Å². The molecule has 2 rings (SSSR count). The van der Waals surface area contributed by atoms with Crippen LogP contribution in [0, 0.1) is 11.3 Å². The molecule has 0 saturated heterocycles. The second kappa shape index (κ2) is 6.77. The first-order valence-corrected chi connectivity index (χ1v) is 6.95. The lowest BCUT2D eigenvalue weighted by molar-refractivity contribution is 0.818. The highest BCUT2D eigenvalue weighted by atomic mass is 15.1. The lowest BCUT2D eigenvalue weighted by atomic mass is 9.99. The lowest BCUT2D eigenvalue weighted by Crippen LogP contribution is -2.11. The van der Waals surface area contributed by atoms with Gasteiger partial charge < -0.3 is 4.90 Å². The maximum absolute atomic E-state index is 9.39. The van der Waals surface area contributed by atoms with E-state index in [4.69, 9.17) is 0 Å². The van der Waals surface area contributed by atoms with E-state index in [2.05, 4.69) is 36.4 Å². The van der Waals surface area contributed by atoms with Crippen LogP contribution in [-0.2, 0) is 12.8 Å². The molecule has 0 atom stereocenters. The molecular weight excluding hydrogens is 244 g/mol. The van der Waals surface area contributed by atoms with Gasteiger partial charge in [-0.05, 0) is 36.5 Å². The van der Waals surface area contributed by atoms with E-state index in [9.17, 15) is 5.26 Å². The minimum Gasteiger partial charge on any atom is -0.377 e. The van der Waals surface area contributed by atoms with Crippen molar-refractivity contribution in [3.05, 3.63) is 65.2 Å². The molecule has 0 spiro atoms. The number of nitrogens with zero attached hydrogens (tertiary/aromatic N) is 2. The number of anilines is 1. The van der Waals surface area contributed by atoms with Crippen LogP contribution < -0.4 is 4.90 Å². The topological polar surface area (TPSA) is 27.0 Å². The molecule has 0 N–H and O–H groups in total. The van der Waals surface area contributed by atoms with Crippen LogP contribution in [0.25, 0.3) is 0 Å². The van der Waals surface area contributed by atoms with Gasteiger partial charge in [-0.3, -0.25) is 0 Å². The fraction of sp³-hybridized carbons (Fsp3) is 0.278. The van der Waals surface area contributed by atoms with Crippen molar-refractivity contribution in [3.63, 3.8) is 0 Å². The zero-order chi connectivity index (χ0) is 14.4. The summed E-state index contributed by atoms with van der Waals surface area (Å²) in [5.74, 6) is 0. The van der Waals surface area contributed by atoms with Crippen LogP contribution in [0.5, 0.6) is 0 Å². The zero-order valence-electron chi connectivity index (χ0n) is 12.1. The van der Waals surface area contributed by atoms with E-state index in [1.54, 1.807) is 0 Å². The Morgan fingerprint density at radius 1 is 0.950 bits per heavy atom. The number of aryl methyl sites for hydroxylation is 2. The van der Waals surface area contributed by atoms with E-state index in [-0.39, 0.29) is 0 Å². The molecule has 0 aliphatic rings. The number of hydrogen-bond acceptors (Lipinski definition) is 2. The van der Waals surface area contributed by atoms with E-state index in [0.29, 0.717) is 0 Å². The number of rotatable bonds is 5. The maximum Gasteiger partial charge on any atom is 0.102 e. The normalized spacial score (nSPS) is 10.1. The molecular formula is C18H20N2. The summed E-state index contributed by atoms with van der Waals surface area (Å²) < 4.78 is 0. The lowest BCUT2D eigenvalue weighted by Gasteiger charge is -2.16. The minimum absolute atomic E-state index is 0.811. The fourth-order valence-electron chi connectivity index (χ4n) is 2.42. The zero-order valence-corrected chi connectivity index (χ0v) is 12.1. The quantitative estimate of drug-likeness (QED) is 0.821. The Kier molecular flexibility index (Phi) is 4.79. The average Bonchev–Trinajstić information content (AvgIpc) is 2.48. The number of hydrogen-bond donors (Lipinski definition) is 0. The van der Waals surface area contributed by atoms with Gasteiger partial charge in [-0.25, -0.2) is 0 Å². The van der Waals surface area contributed by atoms with Crippen molar-refractivity contribution < 1.29 is 0 Å². The summed E-state index contributed by atoms with van der Waals surface area (Å²) in [6.45, 7) is 0. The summed E-state index contributed by atoms with van der Waals surface area (Å²) in [6.07, 6.45) is 3.06. The van der Waals surface area contributed by atoms with E-state index in [1.165, 1.54) is 5.56 Å². The molecule has 0 aliphatic carbocycles.